The van der Waals surface area contributed by atoms with E-state index in [1.54, 1.807) is 0 Å². The molecular formula is C10H15FO4. The van der Waals surface area contributed by atoms with Gasteiger partial charge in [-0.25, -0.2) is 14.0 Å². The first kappa shape index (κ1) is 11.9. The second-order valence-corrected chi connectivity index (χ2v) is 5.05. The van der Waals surface area contributed by atoms with Gasteiger partial charge in [0.1, 0.15) is 0 Å². The highest BCUT2D eigenvalue weighted by atomic mass is 19.1. The molecule has 0 spiro atoms. The minimum Gasteiger partial charge on any atom is -0.478 e. The highest BCUT2D eigenvalue weighted by Gasteiger charge is 2.52. The number of alkyl halides is 1. The lowest BCUT2D eigenvalue weighted by Crippen LogP contribution is -2.47. The summed E-state index contributed by atoms with van der Waals surface area (Å²) >= 11 is 0. The first-order valence-corrected chi connectivity index (χ1v) is 4.83. The third-order valence-corrected chi connectivity index (χ3v) is 2.93. The van der Waals surface area contributed by atoms with Crippen LogP contribution in [0.2, 0.25) is 0 Å². The Bertz CT molecular complexity index is 276. The molecule has 5 heteroatoms. The normalized spacial score (nSPS) is 20.7. The predicted octanol–water partition coefficient (Wildman–Crippen LogP) is 1.69. The van der Waals surface area contributed by atoms with Crippen LogP contribution in [-0.2, 0) is 9.59 Å². The summed E-state index contributed by atoms with van der Waals surface area (Å²) in [6.45, 7) is 3.98. The van der Waals surface area contributed by atoms with Crippen molar-refractivity contribution in [3.05, 3.63) is 0 Å². The van der Waals surface area contributed by atoms with E-state index in [2.05, 4.69) is 0 Å². The minimum absolute atomic E-state index is 0.0859. The van der Waals surface area contributed by atoms with E-state index in [1.165, 1.54) is 0 Å². The second-order valence-electron chi connectivity index (χ2n) is 5.05. The van der Waals surface area contributed by atoms with Gasteiger partial charge in [-0.05, 0) is 24.2 Å². The van der Waals surface area contributed by atoms with Crippen molar-refractivity contribution in [1.29, 1.82) is 0 Å². The van der Waals surface area contributed by atoms with Crippen LogP contribution in [0.4, 0.5) is 4.39 Å². The van der Waals surface area contributed by atoms with E-state index in [-0.39, 0.29) is 11.3 Å². The summed E-state index contributed by atoms with van der Waals surface area (Å²) in [5.41, 5.74) is -3.04. The van der Waals surface area contributed by atoms with Gasteiger partial charge in [0.25, 0.3) is 0 Å². The summed E-state index contributed by atoms with van der Waals surface area (Å²) in [7, 11) is 0. The third-order valence-electron chi connectivity index (χ3n) is 2.93. The van der Waals surface area contributed by atoms with Gasteiger partial charge in [0.15, 0.2) is 0 Å². The molecule has 1 saturated carbocycles. The molecule has 4 nitrogen and oxygen atoms in total. The van der Waals surface area contributed by atoms with E-state index in [4.69, 9.17) is 10.2 Å². The highest BCUT2D eigenvalue weighted by Crippen LogP contribution is 2.48. The Morgan fingerprint density at radius 2 is 1.73 bits per heavy atom. The first-order chi connectivity index (χ1) is 6.67. The van der Waals surface area contributed by atoms with Gasteiger partial charge in [-0.2, -0.15) is 0 Å². The number of halogens is 1. The lowest BCUT2D eigenvalue weighted by atomic mass is 9.62. The number of aliphatic carboxylic acids is 2. The molecule has 86 valence electrons. The van der Waals surface area contributed by atoms with Gasteiger partial charge in [0, 0.05) is 6.42 Å². The third kappa shape index (κ3) is 2.27. The van der Waals surface area contributed by atoms with Crippen molar-refractivity contribution in [3.63, 3.8) is 0 Å². The molecule has 1 aliphatic carbocycles. The lowest BCUT2D eigenvalue weighted by molar-refractivity contribution is -0.170. The van der Waals surface area contributed by atoms with Crippen LogP contribution >= 0.6 is 0 Å². The molecule has 0 radical (unpaired) electrons. The van der Waals surface area contributed by atoms with Crippen LogP contribution < -0.4 is 0 Å². The summed E-state index contributed by atoms with van der Waals surface area (Å²) in [6.07, 6.45) is 0.930. The van der Waals surface area contributed by atoms with Crippen LogP contribution in [0.3, 0.4) is 0 Å². The van der Waals surface area contributed by atoms with E-state index < -0.39 is 24.0 Å². The maximum atomic E-state index is 13.6. The lowest BCUT2D eigenvalue weighted by Gasteiger charge is -2.43. The fourth-order valence-electron chi connectivity index (χ4n) is 2.31. The van der Waals surface area contributed by atoms with Crippen molar-refractivity contribution in [1.82, 2.24) is 0 Å². The molecule has 15 heavy (non-hydrogen) atoms. The molecule has 0 atom stereocenters. The Kier molecular flexibility index (Phi) is 2.76. The number of carboxylic acids is 2. The van der Waals surface area contributed by atoms with E-state index in [9.17, 15) is 14.0 Å². The van der Waals surface area contributed by atoms with Crippen LogP contribution in [0.1, 0.15) is 33.1 Å². The number of carboxylic acid groups (broad SMARTS) is 2. The SMILES string of the molecule is CC1(C)CC(CC(F)(C(=O)O)C(=O)O)C1. The van der Waals surface area contributed by atoms with Gasteiger partial charge in [-0.1, -0.05) is 13.8 Å². The van der Waals surface area contributed by atoms with E-state index >= 15 is 0 Å². The van der Waals surface area contributed by atoms with Crippen molar-refractivity contribution in [3.8, 4) is 0 Å². The monoisotopic (exact) mass is 218 g/mol. The van der Waals surface area contributed by atoms with Crippen molar-refractivity contribution >= 4 is 11.9 Å². The molecule has 1 rings (SSSR count). The zero-order valence-electron chi connectivity index (χ0n) is 8.79. The number of rotatable bonds is 4. The molecule has 0 aromatic rings. The first-order valence-electron chi connectivity index (χ1n) is 4.83. The summed E-state index contributed by atoms with van der Waals surface area (Å²) in [6, 6.07) is 0. The largest absolute Gasteiger partial charge is 0.478 e. The van der Waals surface area contributed by atoms with Crippen LogP contribution in [0, 0.1) is 11.3 Å². The average molecular weight is 218 g/mol. The fraction of sp³-hybridized carbons (Fsp3) is 0.800. The van der Waals surface area contributed by atoms with E-state index in [0.717, 1.165) is 0 Å². The Balaban J connectivity index is 2.63. The maximum Gasteiger partial charge on any atom is 0.353 e. The zero-order valence-corrected chi connectivity index (χ0v) is 8.79. The summed E-state index contributed by atoms with van der Waals surface area (Å²) in [5, 5.41) is 17.1. The molecule has 0 bridgehead atoms. The molecular weight excluding hydrogens is 203 g/mol. The summed E-state index contributed by atoms with van der Waals surface area (Å²) in [4.78, 5) is 21.1. The maximum absolute atomic E-state index is 13.6. The minimum atomic E-state index is -3.12. The summed E-state index contributed by atoms with van der Waals surface area (Å²) in [5.74, 6) is -3.95. The molecule has 0 saturated heterocycles. The summed E-state index contributed by atoms with van der Waals surface area (Å²) < 4.78 is 13.6. The molecule has 1 aliphatic rings. The van der Waals surface area contributed by atoms with Gasteiger partial charge < -0.3 is 10.2 Å². The second kappa shape index (κ2) is 3.47. The van der Waals surface area contributed by atoms with Gasteiger partial charge in [0.2, 0.25) is 0 Å². The Morgan fingerprint density at radius 3 is 2.00 bits per heavy atom. The van der Waals surface area contributed by atoms with E-state index in [1.807, 2.05) is 13.8 Å². The number of hydrogen-bond acceptors (Lipinski definition) is 2. The smallest absolute Gasteiger partial charge is 0.353 e. The van der Waals surface area contributed by atoms with Crippen LogP contribution in [-0.4, -0.2) is 27.8 Å². The molecule has 0 aromatic heterocycles. The van der Waals surface area contributed by atoms with Gasteiger partial charge >= 0.3 is 17.6 Å². The quantitative estimate of drug-likeness (QED) is 0.704. The van der Waals surface area contributed by atoms with Crippen LogP contribution in [0.5, 0.6) is 0 Å². The van der Waals surface area contributed by atoms with Gasteiger partial charge in [0.05, 0.1) is 0 Å². The van der Waals surface area contributed by atoms with Crippen molar-refractivity contribution in [2.24, 2.45) is 11.3 Å². The van der Waals surface area contributed by atoms with Gasteiger partial charge in [-0.3, -0.25) is 0 Å². The number of hydrogen-bond donors (Lipinski definition) is 2. The standard InChI is InChI=1S/C10H15FO4/c1-9(2)3-6(4-9)5-10(11,7(12)13)8(14)15/h6H,3-5H2,1-2H3,(H,12,13)(H,14,15). The Labute approximate surface area is 87.1 Å². The van der Waals surface area contributed by atoms with Crippen molar-refractivity contribution < 1.29 is 24.2 Å². The molecule has 0 aromatic carbocycles. The molecule has 0 heterocycles. The van der Waals surface area contributed by atoms with Crippen LogP contribution in [0.15, 0.2) is 0 Å². The molecule has 0 amide bonds. The van der Waals surface area contributed by atoms with Gasteiger partial charge in [-0.15, -0.1) is 0 Å². The fourth-order valence-corrected chi connectivity index (χ4v) is 2.31. The van der Waals surface area contributed by atoms with E-state index in [0.29, 0.717) is 12.8 Å². The molecule has 0 aliphatic heterocycles. The predicted molar refractivity (Wildman–Crippen MR) is 50.2 cm³/mol. The van der Waals surface area contributed by atoms with Crippen molar-refractivity contribution in [2.45, 2.75) is 38.8 Å². The van der Waals surface area contributed by atoms with Crippen LogP contribution in [0.25, 0.3) is 0 Å². The Hall–Kier alpha value is -1.13. The van der Waals surface area contributed by atoms with Crippen molar-refractivity contribution in [2.75, 3.05) is 0 Å². The Morgan fingerprint density at radius 1 is 1.33 bits per heavy atom. The molecule has 1 fully saturated rings. The highest BCUT2D eigenvalue weighted by molar-refractivity contribution is 6.01. The molecule has 2 N–H and O–H groups in total. The molecule has 0 unspecified atom stereocenters. The topological polar surface area (TPSA) is 74.6 Å². The zero-order chi connectivity index (χ0) is 11.9. The number of carbonyl (C=O) groups is 2. The average Bonchev–Trinajstić information content (AvgIpc) is 1.99.